The predicted molar refractivity (Wildman–Crippen MR) is 242 cm³/mol. The Bertz CT molecular complexity index is 2240. The molecule has 0 aromatic heterocycles. The molecule has 0 N–H and O–H groups in total. The molecule has 5 aromatic carbocycles. The maximum Gasteiger partial charge on any atom is 0.296 e. The van der Waals surface area contributed by atoms with Crippen molar-refractivity contribution < 1.29 is 25.2 Å². The van der Waals surface area contributed by atoms with Crippen LogP contribution < -0.4 is 9.80 Å². The summed E-state index contributed by atoms with van der Waals surface area (Å²) >= 11 is 0. The molecule has 59 heavy (non-hydrogen) atoms. The maximum absolute atomic E-state index is 11.3. The van der Waals surface area contributed by atoms with Crippen molar-refractivity contribution in [3.8, 4) is 0 Å². The van der Waals surface area contributed by atoms with Gasteiger partial charge in [-0.2, -0.15) is 31.8 Å². The van der Waals surface area contributed by atoms with E-state index >= 15 is 0 Å². The third-order valence-corrected chi connectivity index (χ3v) is 10.3. The van der Waals surface area contributed by atoms with Gasteiger partial charge in [-0.05, 0) is 126 Å². The summed E-state index contributed by atoms with van der Waals surface area (Å²) in [5.41, 5.74) is 6.94. The Morgan fingerprint density at radius 3 is 1.17 bits per heavy atom. The lowest BCUT2D eigenvalue weighted by Gasteiger charge is -2.11. The van der Waals surface area contributed by atoms with Gasteiger partial charge in [-0.3, -0.25) is 8.37 Å². The van der Waals surface area contributed by atoms with Crippen molar-refractivity contribution in [2.45, 2.75) is 57.4 Å². The van der Waals surface area contributed by atoms with Crippen LogP contribution >= 0.6 is 0 Å². The van der Waals surface area contributed by atoms with Crippen molar-refractivity contribution in [2.24, 2.45) is 20.0 Å². The Balaban J connectivity index is 0.000000274. The molecule has 14 heteroatoms. The zero-order chi connectivity index (χ0) is 43.8. The van der Waals surface area contributed by atoms with Crippen molar-refractivity contribution in [3.63, 3.8) is 0 Å². The van der Waals surface area contributed by atoms with Crippen LogP contribution in [0.25, 0.3) is 0 Å². The number of benzene rings is 5. The van der Waals surface area contributed by atoms with E-state index in [1.54, 1.807) is 62.4 Å². The minimum Gasteiger partial charge on any atom is -0.378 e. The van der Waals surface area contributed by atoms with E-state index in [2.05, 4.69) is 45.3 Å². The van der Waals surface area contributed by atoms with E-state index in [0.29, 0.717) is 0 Å². The molecule has 0 aliphatic carbocycles. The van der Waals surface area contributed by atoms with Gasteiger partial charge in [0.25, 0.3) is 20.2 Å². The van der Waals surface area contributed by atoms with E-state index in [9.17, 15) is 16.8 Å². The van der Waals surface area contributed by atoms with E-state index < -0.39 is 20.2 Å². The normalized spacial score (nSPS) is 10.4. The summed E-state index contributed by atoms with van der Waals surface area (Å²) in [6.45, 7) is 11.4. The van der Waals surface area contributed by atoms with Crippen molar-refractivity contribution >= 4 is 60.7 Å². The van der Waals surface area contributed by atoms with Crippen LogP contribution in [0.2, 0.25) is 0 Å². The molecule has 0 saturated heterocycles. The van der Waals surface area contributed by atoms with E-state index in [0.717, 1.165) is 39.6 Å². The van der Waals surface area contributed by atoms with Gasteiger partial charge in [0, 0.05) is 39.6 Å². The number of nitrogens with zero attached hydrogens (tertiary/aromatic N) is 6. The average molecular weight is 841 g/mol. The van der Waals surface area contributed by atoms with E-state index in [1.807, 2.05) is 140 Å². The fraction of sp³-hybridized carbons (Fsp3) is 0.289. The number of hydrogen-bond donors (Lipinski definition) is 0. The molecule has 0 fully saturated rings. The summed E-state index contributed by atoms with van der Waals surface area (Å²) in [6, 6.07) is 44.3. The van der Waals surface area contributed by atoms with E-state index in [4.69, 9.17) is 0 Å². The summed E-state index contributed by atoms with van der Waals surface area (Å²) in [7, 11) is 0.989. The van der Waals surface area contributed by atoms with Crippen molar-refractivity contribution in [2.75, 3.05) is 51.2 Å². The molecule has 0 saturated carbocycles. The molecular formula is C45H56N6O6S2. The highest BCUT2D eigenvalue weighted by Gasteiger charge is 2.13. The van der Waals surface area contributed by atoms with Gasteiger partial charge < -0.3 is 9.80 Å². The van der Waals surface area contributed by atoms with Gasteiger partial charge in [0.1, 0.15) is 6.01 Å². The Hall–Kier alpha value is -5.72. The van der Waals surface area contributed by atoms with Gasteiger partial charge >= 0.3 is 0 Å². The molecule has 12 nitrogen and oxygen atoms in total. The largest absolute Gasteiger partial charge is 0.378 e. The molecular weight excluding hydrogens is 785 g/mol. The highest BCUT2D eigenvalue weighted by molar-refractivity contribution is 7.87. The lowest BCUT2D eigenvalue weighted by Crippen LogP contribution is -2.07. The fourth-order valence-electron chi connectivity index (χ4n) is 4.35. The van der Waals surface area contributed by atoms with Crippen LogP contribution in [0.15, 0.2) is 157 Å². The SMILES string of the molecule is CC(C)N=C=Nc1ccc(N(C)C)cc1.CCOS(=O)(=O)c1ccc(C)cc1.CCOS(=O)(=O)c1ccc(C)cc1.CN(C)c1ccc(N=C=Nc2ccccc2)cc1. The lowest BCUT2D eigenvalue weighted by molar-refractivity contribution is 0.337. The minimum atomic E-state index is -3.53. The van der Waals surface area contributed by atoms with Gasteiger partial charge in [-0.25, -0.2) is 4.99 Å². The molecule has 0 spiro atoms. The summed E-state index contributed by atoms with van der Waals surface area (Å²) in [4.78, 5) is 21.0. The smallest absolute Gasteiger partial charge is 0.296 e. The zero-order valence-electron chi connectivity index (χ0n) is 35.6. The lowest BCUT2D eigenvalue weighted by atomic mass is 10.2. The minimum absolute atomic E-state index is 0.163. The van der Waals surface area contributed by atoms with E-state index in [-0.39, 0.29) is 29.0 Å². The molecule has 0 atom stereocenters. The average Bonchev–Trinajstić information content (AvgIpc) is 3.20. The topological polar surface area (TPSA) is 143 Å². The molecule has 0 bridgehead atoms. The van der Waals surface area contributed by atoms with Crippen LogP contribution in [-0.2, 0) is 28.6 Å². The molecule has 0 radical (unpaired) electrons. The molecule has 5 rings (SSSR count). The molecule has 0 heterocycles. The second-order valence-corrected chi connectivity index (χ2v) is 16.5. The number of anilines is 2. The predicted octanol–water partition coefficient (Wildman–Crippen LogP) is 10.3. The second-order valence-electron chi connectivity index (χ2n) is 13.3. The standard InChI is InChI=1S/C15H15N3.C12H17N3.2C9H12O3S/c1-18(2)15-10-8-14(9-11-15)17-12-16-13-6-4-3-5-7-13;1-10(2)13-9-14-11-5-7-12(8-6-11)15(3)4;2*1-3-12-13(10,11)9-6-4-8(2)5-7-9/h3-11H,1-2H3;5-8,10H,1-4H3;2*4-7H,3H2,1-2H3. The zero-order valence-corrected chi connectivity index (χ0v) is 37.2. The van der Waals surface area contributed by atoms with Crippen LogP contribution in [0.4, 0.5) is 28.4 Å². The quantitative estimate of drug-likeness (QED) is 0.0892. The number of aliphatic imine (C=N–C) groups is 4. The van der Waals surface area contributed by atoms with Gasteiger partial charge in [0.15, 0.2) is 0 Å². The first kappa shape index (κ1) is 49.4. The summed E-state index contributed by atoms with van der Waals surface area (Å²) in [5.74, 6) is 0. The Labute approximate surface area is 351 Å². The third-order valence-electron chi connectivity index (χ3n) is 7.51. The van der Waals surface area contributed by atoms with Crippen LogP contribution in [0.1, 0.15) is 38.8 Å². The third kappa shape index (κ3) is 19.5. The van der Waals surface area contributed by atoms with E-state index in [1.165, 1.54) is 0 Å². The van der Waals surface area contributed by atoms with Gasteiger partial charge in [-0.1, -0.05) is 53.6 Å². The highest BCUT2D eigenvalue weighted by atomic mass is 32.2. The first-order valence-corrected chi connectivity index (χ1v) is 21.6. The number of para-hydroxylation sites is 1. The Morgan fingerprint density at radius 2 is 0.847 bits per heavy atom. The van der Waals surface area contributed by atoms with Crippen LogP contribution in [0.3, 0.4) is 0 Å². The monoisotopic (exact) mass is 840 g/mol. The summed E-state index contributed by atoms with van der Waals surface area (Å²) < 4.78 is 54.5. The summed E-state index contributed by atoms with van der Waals surface area (Å²) in [5, 5.41) is 0. The molecule has 0 amide bonds. The number of aryl methyl sites for hydroxylation is 2. The van der Waals surface area contributed by atoms with Crippen LogP contribution in [0, 0.1) is 13.8 Å². The Kier molecular flexibility index (Phi) is 21.4. The number of hydrogen-bond acceptors (Lipinski definition) is 12. The Morgan fingerprint density at radius 1 is 0.508 bits per heavy atom. The second kappa shape index (κ2) is 25.6. The van der Waals surface area contributed by atoms with Crippen LogP contribution in [-0.4, -0.2) is 76.3 Å². The first-order chi connectivity index (χ1) is 28.0. The van der Waals surface area contributed by atoms with Gasteiger partial charge in [0.05, 0.1) is 52.1 Å². The molecule has 0 aliphatic heterocycles. The molecule has 0 unspecified atom stereocenters. The van der Waals surface area contributed by atoms with Crippen molar-refractivity contribution in [1.82, 2.24) is 0 Å². The van der Waals surface area contributed by atoms with Crippen LogP contribution in [0.5, 0.6) is 0 Å². The van der Waals surface area contributed by atoms with Gasteiger partial charge in [-0.15, -0.1) is 0 Å². The molecule has 0 aliphatic rings. The molecule has 314 valence electrons. The number of rotatable bonds is 12. The summed E-state index contributed by atoms with van der Waals surface area (Å²) in [6.07, 6.45) is 0. The van der Waals surface area contributed by atoms with Crippen molar-refractivity contribution in [1.29, 1.82) is 0 Å². The fourth-order valence-corrected chi connectivity index (χ4v) is 6.18. The van der Waals surface area contributed by atoms with Gasteiger partial charge in [0.2, 0.25) is 0 Å². The molecule has 5 aromatic rings. The highest BCUT2D eigenvalue weighted by Crippen LogP contribution is 2.19. The maximum atomic E-state index is 11.3. The first-order valence-electron chi connectivity index (χ1n) is 18.8. The van der Waals surface area contributed by atoms with Crippen molar-refractivity contribution in [3.05, 3.63) is 139 Å².